The maximum Gasteiger partial charge on any atom is 0.299 e. The molecule has 1 aliphatic rings. The highest BCUT2D eigenvalue weighted by molar-refractivity contribution is 7.90. The predicted octanol–water partition coefficient (Wildman–Crippen LogP) is 0.852. The van der Waals surface area contributed by atoms with Crippen LogP contribution in [0.3, 0.4) is 0 Å². The van der Waals surface area contributed by atoms with Crippen LogP contribution < -0.4 is 14.8 Å². The van der Waals surface area contributed by atoms with Gasteiger partial charge < -0.3 is 5.32 Å². The van der Waals surface area contributed by atoms with Crippen molar-refractivity contribution in [3.8, 4) is 0 Å². The van der Waals surface area contributed by atoms with Crippen molar-refractivity contribution in [3.63, 3.8) is 0 Å². The minimum atomic E-state index is -3.58. The van der Waals surface area contributed by atoms with Gasteiger partial charge >= 0.3 is 0 Å². The standard InChI is InChI=1S/C12H23N5O2S/c1-12(2,3)16-20(18,19)15-10-8-14-17(9-10)11-4-6-13-7-5-11/h8-9,11,13,15-16H,4-7H2,1-3H3. The van der Waals surface area contributed by atoms with Crippen molar-refractivity contribution < 1.29 is 8.42 Å². The summed E-state index contributed by atoms with van der Waals surface area (Å²) in [6, 6.07) is 0.338. The van der Waals surface area contributed by atoms with Gasteiger partial charge in [-0.05, 0) is 46.7 Å². The minimum absolute atomic E-state index is 0.338. The van der Waals surface area contributed by atoms with Crippen LogP contribution in [0.1, 0.15) is 39.7 Å². The Bertz CT molecular complexity index is 540. The highest BCUT2D eigenvalue weighted by Gasteiger charge is 2.21. The number of rotatable bonds is 4. The number of anilines is 1. The third-order valence-corrected chi connectivity index (χ3v) is 4.36. The lowest BCUT2D eigenvalue weighted by Gasteiger charge is -2.22. The first kappa shape index (κ1) is 15.3. The van der Waals surface area contributed by atoms with Crippen LogP contribution in [0.4, 0.5) is 5.69 Å². The zero-order valence-corrected chi connectivity index (χ0v) is 13.0. The second-order valence-electron chi connectivity index (χ2n) is 6.15. The molecule has 114 valence electrons. The third kappa shape index (κ3) is 4.46. The van der Waals surface area contributed by atoms with Crippen molar-refractivity contribution in [1.82, 2.24) is 19.8 Å². The van der Waals surface area contributed by atoms with Crippen LogP contribution in [0.25, 0.3) is 0 Å². The molecule has 3 N–H and O–H groups in total. The van der Waals surface area contributed by atoms with Gasteiger partial charge in [-0.1, -0.05) is 0 Å². The molecule has 0 aromatic carbocycles. The average Bonchev–Trinajstić information content (AvgIpc) is 2.74. The molecule has 1 aliphatic heterocycles. The fourth-order valence-corrected chi connectivity index (χ4v) is 3.52. The van der Waals surface area contributed by atoms with Gasteiger partial charge in [-0.15, -0.1) is 0 Å². The second-order valence-corrected chi connectivity index (χ2v) is 7.56. The van der Waals surface area contributed by atoms with E-state index in [2.05, 4.69) is 19.9 Å². The fraction of sp³-hybridized carbons (Fsp3) is 0.750. The molecular weight excluding hydrogens is 278 g/mol. The fourth-order valence-electron chi connectivity index (χ4n) is 2.25. The van der Waals surface area contributed by atoms with Crippen molar-refractivity contribution in [1.29, 1.82) is 0 Å². The van der Waals surface area contributed by atoms with E-state index >= 15 is 0 Å². The Balaban J connectivity index is 2.02. The van der Waals surface area contributed by atoms with Crippen LogP contribution in [0.2, 0.25) is 0 Å². The summed E-state index contributed by atoms with van der Waals surface area (Å²) in [5, 5.41) is 7.55. The molecule has 7 nitrogen and oxygen atoms in total. The number of piperidine rings is 1. The summed E-state index contributed by atoms with van der Waals surface area (Å²) in [4.78, 5) is 0. The number of aromatic nitrogens is 2. The average molecular weight is 301 g/mol. The summed E-state index contributed by atoms with van der Waals surface area (Å²) in [5.74, 6) is 0. The van der Waals surface area contributed by atoms with E-state index in [1.54, 1.807) is 33.2 Å². The summed E-state index contributed by atoms with van der Waals surface area (Å²) in [7, 11) is -3.58. The molecule has 1 saturated heterocycles. The Labute approximate surface area is 120 Å². The van der Waals surface area contributed by atoms with Crippen LogP contribution in [0, 0.1) is 0 Å². The maximum absolute atomic E-state index is 11.9. The molecule has 1 aromatic heterocycles. The van der Waals surface area contributed by atoms with Crippen LogP contribution in [-0.2, 0) is 10.2 Å². The van der Waals surface area contributed by atoms with Crippen molar-refractivity contribution in [2.75, 3.05) is 17.8 Å². The summed E-state index contributed by atoms with van der Waals surface area (Å²) < 4.78 is 30.8. The third-order valence-electron chi connectivity index (χ3n) is 2.98. The Morgan fingerprint density at radius 2 is 2.00 bits per heavy atom. The topological polar surface area (TPSA) is 88.1 Å². The molecule has 8 heteroatoms. The summed E-state index contributed by atoms with van der Waals surface area (Å²) >= 11 is 0. The Hall–Kier alpha value is -1.12. The van der Waals surface area contributed by atoms with E-state index in [1.807, 2.05) is 4.68 Å². The van der Waals surface area contributed by atoms with Crippen molar-refractivity contribution >= 4 is 15.9 Å². The predicted molar refractivity (Wildman–Crippen MR) is 78.8 cm³/mol. The van der Waals surface area contributed by atoms with E-state index in [0.717, 1.165) is 25.9 Å². The first-order valence-electron chi connectivity index (χ1n) is 6.82. The van der Waals surface area contributed by atoms with Gasteiger partial charge in [0.2, 0.25) is 0 Å². The summed E-state index contributed by atoms with van der Waals surface area (Å²) in [6.45, 7) is 7.33. The minimum Gasteiger partial charge on any atom is -0.317 e. The van der Waals surface area contributed by atoms with Crippen LogP contribution >= 0.6 is 0 Å². The number of nitrogens with one attached hydrogen (secondary N) is 3. The summed E-state index contributed by atoms with van der Waals surface area (Å²) in [5.41, 5.74) is -0.0306. The van der Waals surface area contributed by atoms with Gasteiger partial charge in [-0.3, -0.25) is 9.40 Å². The second kappa shape index (κ2) is 5.71. The molecule has 0 amide bonds. The Morgan fingerprint density at radius 3 is 2.60 bits per heavy atom. The van der Waals surface area contributed by atoms with E-state index in [-0.39, 0.29) is 0 Å². The van der Waals surface area contributed by atoms with Gasteiger partial charge in [0.1, 0.15) is 0 Å². The van der Waals surface area contributed by atoms with E-state index in [0.29, 0.717) is 11.7 Å². The highest BCUT2D eigenvalue weighted by atomic mass is 32.2. The molecule has 0 radical (unpaired) electrons. The highest BCUT2D eigenvalue weighted by Crippen LogP contribution is 2.20. The number of hydrogen-bond acceptors (Lipinski definition) is 4. The molecule has 2 heterocycles. The van der Waals surface area contributed by atoms with Crippen LogP contribution in [0.15, 0.2) is 12.4 Å². The lowest BCUT2D eigenvalue weighted by atomic mass is 10.1. The molecule has 1 aromatic rings. The molecule has 0 atom stereocenters. The normalized spacial score (nSPS) is 18.1. The molecule has 0 unspecified atom stereocenters. The molecule has 1 fully saturated rings. The van der Waals surface area contributed by atoms with Crippen LogP contribution in [0.5, 0.6) is 0 Å². The van der Waals surface area contributed by atoms with Gasteiger partial charge in [0.05, 0.1) is 17.9 Å². The smallest absolute Gasteiger partial charge is 0.299 e. The number of hydrogen-bond donors (Lipinski definition) is 3. The van der Waals surface area contributed by atoms with Crippen molar-refractivity contribution in [3.05, 3.63) is 12.4 Å². The quantitative estimate of drug-likeness (QED) is 0.769. The SMILES string of the molecule is CC(C)(C)NS(=O)(=O)Nc1cnn(C2CCNCC2)c1. The van der Waals surface area contributed by atoms with E-state index in [4.69, 9.17) is 0 Å². The van der Waals surface area contributed by atoms with Gasteiger partial charge in [0.15, 0.2) is 0 Å². The maximum atomic E-state index is 11.9. The van der Waals surface area contributed by atoms with Crippen molar-refractivity contribution in [2.24, 2.45) is 0 Å². The van der Waals surface area contributed by atoms with Gasteiger partial charge in [-0.25, -0.2) is 0 Å². The Kier molecular flexibility index (Phi) is 4.36. The number of nitrogens with zero attached hydrogens (tertiary/aromatic N) is 2. The van der Waals surface area contributed by atoms with Gasteiger partial charge in [-0.2, -0.15) is 18.2 Å². The molecule has 0 saturated carbocycles. The Morgan fingerprint density at radius 1 is 1.35 bits per heavy atom. The molecular formula is C12H23N5O2S. The zero-order chi connectivity index (χ0) is 14.8. The van der Waals surface area contributed by atoms with Crippen molar-refractivity contribution in [2.45, 2.75) is 45.2 Å². The molecule has 0 bridgehead atoms. The monoisotopic (exact) mass is 301 g/mol. The first-order chi connectivity index (χ1) is 9.25. The van der Waals surface area contributed by atoms with Crippen LogP contribution in [-0.4, -0.2) is 36.8 Å². The largest absolute Gasteiger partial charge is 0.317 e. The lowest BCUT2D eigenvalue weighted by molar-refractivity contribution is 0.343. The molecule has 20 heavy (non-hydrogen) atoms. The summed E-state index contributed by atoms with van der Waals surface area (Å²) in [6.07, 6.45) is 5.31. The van der Waals surface area contributed by atoms with Gasteiger partial charge in [0.25, 0.3) is 10.2 Å². The van der Waals surface area contributed by atoms with Gasteiger partial charge in [0, 0.05) is 11.7 Å². The molecule has 0 spiro atoms. The van der Waals surface area contributed by atoms with E-state index in [1.165, 1.54) is 0 Å². The first-order valence-corrected chi connectivity index (χ1v) is 8.30. The lowest BCUT2D eigenvalue weighted by Crippen LogP contribution is -2.43. The molecule has 0 aliphatic carbocycles. The van der Waals surface area contributed by atoms with E-state index in [9.17, 15) is 8.42 Å². The molecule has 2 rings (SSSR count). The van der Waals surface area contributed by atoms with E-state index < -0.39 is 15.7 Å². The zero-order valence-electron chi connectivity index (χ0n) is 12.2.